The van der Waals surface area contributed by atoms with Crippen LogP contribution in [0.15, 0.2) is 0 Å². The van der Waals surface area contributed by atoms with Gasteiger partial charge in [0.1, 0.15) is 0 Å². The van der Waals surface area contributed by atoms with Crippen molar-refractivity contribution in [1.29, 1.82) is 0 Å². The largest absolute Gasteiger partial charge is 0.392 e. The maximum Gasteiger partial charge on any atom is 0.235 e. The molecule has 2 aliphatic carbocycles. The molecule has 1 amide bonds. The van der Waals surface area contributed by atoms with Crippen LogP contribution >= 0.6 is 12.2 Å². The van der Waals surface area contributed by atoms with E-state index in [2.05, 4.69) is 6.92 Å². The predicted octanol–water partition coefficient (Wildman–Crippen LogP) is 2.87. The van der Waals surface area contributed by atoms with Crippen molar-refractivity contribution in [3.05, 3.63) is 0 Å². The number of carbonyl (C=O) groups excluding carboxylic acids is 1. The van der Waals surface area contributed by atoms with Gasteiger partial charge in [-0.25, -0.2) is 0 Å². The van der Waals surface area contributed by atoms with Crippen molar-refractivity contribution in [2.24, 2.45) is 17.1 Å². The van der Waals surface area contributed by atoms with Crippen molar-refractivity contribution in [2.45, 2.75) is 64.3 Å². The summed E-state index contributed by atoms with van der Waals surface area (Å²) >= 11 is 5.22. The Bertz CT molecular complexity index is 363. The molecule has 3 nitrogen and oxygen atoms in total. The lowest BCUT2D eigenvalue weighted by Gasteiger charge is -2.39. The molecule has 2 saturated carbocycles. The van der Waals surface area contributed by atoms with Crippen LogP contribution in [0.25, 0.3) is 0 Å². The first-order valence-corrected chi connectivity index (χ1v) is 7.95. The Morgan fingerprint density at radius 3 is 2.42 bits per heavy atom. The number of hydrogen-bond donors (Lipinski definition) is 1. The summed E-state index contributed by atoms with van der Waals surface area (Å²) in [4.78, 5) is 15.2. The molecule has 19 heavy (non-hydrogen) atoms. The molecule has 2 fully saturated rings. The summed E-state index contributed by atoms with van der Waals surface area (Å²) < 4.78 is 0. The molecule has 0 aromatic rings. The first kappa shape index (κ1) is 14.8. The van der Waals surface area contributed by atoms with Crippen LogP contribution in [0.3, 0.4) is 0 Å². The van der Waals surface area contributed by atoms with E-state index in [0.717, 1.165) is 44.4 Å². The SMILES string of the molecule is CC1CCCC(N(C)C(=O)C2(C(N)=S)CCCC2)C1. The fourth-order valence-corrected chi connectivity index (χ4v) is 4.09. The Kier molecular flexibility index (Phi) is 4.49. The maximum absolute atomic E-state index is 12.9. The number of thiocarbonyl (C=S) groups is 1. The molecular formula is C15H26N2OS. The van der Waals surface area contributed by atoms with Gasteiger partial charge in [-0.15, -0.1) is 0 Å². The van der Waals surface area contributed by atoms with Gasteiger partial charge in [0, 0.05) is 13.1 Å². The Morgan fingerprint density at radius 2 is 1.89 bits per heavy atom. The number of rotatable bonds is 3. The van der Waals surface area contributed by atoms with Crippen LogP contribution in [0.5, 0.6) is 0 Å². The molecule has 2 N–H and O–H groups in total. The average Bonchev–Trinajstić information content (AvgIpc) is 2.87. The molecule has 0 spiro atoms. The van der Waals surface area contributed by atoms with Gasteiger partial charge in [0.25, 0.3) is 0 Å². The molecule has 0 bridgehead atoms. The first-order valence-electron chi connectivity index (χ1n) is 7.54. The van der Waals surface area contributed by atoms with Crippen LogP contribution in [0, 0.1) is 11.3 Å². The fourth-order valence-electron chi connectivity index (χ4n) is 3.80. The van der Waals surface area contributed by atoms with Crippen molar-refractivity contribution < 1.29 is 4.79 Å². The number of hydrogen-bond acceptors (Lipinski definition) is 2. The fraction of sp³-hybridized carbons (Fsp3) is 0.867. The molecule has 2 aliphatic rings. The van der Waals surface area contributed by atoms with Crippen molar-refractivity contribution in [1.82, 2.24) is 4.90 Å². The Labute approximate surface area is 121 Å². The summed E-state index contributed by atoms with van der Waals surface area (Å²) in [7, 11) is 1.95. The van der Waals surface area contributed by atoms with E-state index in [1.807, 2.05) is 11.9 Å². The predicted molar refractivity (Wildman–Crippen MR) is 81.9 cm³/mol. The topological polar surface area (TPSA) is 46.3 Å². The Balaban J connectivity index is 2.11. The monoisotopic (exact) mass is 282 g/mol. The van der Waals surface area contributed by atoms with Gasteiger partial charge in [0.05, 0.1) is 10.4 Å². The van der Waals surface area contributed by atoms with Gasteiger partial charge in [-0.1, -0.05) is 44.8 Å². The highest BCUT2D eigenvalue weighted by Gasteiger charge is 2.46. The van der Waals surface area contributed by atoms with E-state index in [9.17, 15) is 4.79 Å². The molecule has 0 heterocycles. The summed E-state index contributed by atoms with van der Waals surface area (Å²) in [5.74, 6) is 0.898. The highest BCUT2D eigenvalue weighted by molar-refractivity contribution is 7.80. The number of carbonyl (C=O) groups is 1. The summed E-state index contributed by atoms with van der Waals surface area (Å²) in [5, 5.41) is 0. The van der Waals surface area contributed by atoms with Gasteiger partial charge in [-0.2, -0.15) is 0 Å². The van der Waals surface area contributed by atoms with Crippen LogP contribution in [0.4, 0.5) is 0 Å². The van der Waals surface area contributed by atoms with Crippen LogP contribution < -0.4 is 5.73 Å². The normalized spacial score (nSPS) is 30.0. The minimum absolute atomic E-state index is 0.177. The third kappa shape index (κ3) is 2.78. The summed E-state index contributed by atoms with van der Waals surface area (Å²) in [5.41, 5.74) is 5.38. The Hall–Kier alpha value is -0.640. The first-order chi connectivity index (χ1) is 8.97. The van der Waals surface area contributed by atoms with Gasteiger partial charge in [-0.3, -0.25) is 4.79 Å². The minimum Gasteiger partial charge on any atom is -0.392 e. The zero-order chi connectivity index (χ0) is 14.0. The second-order valence-corrected chi connectivity index (χ2v) is 6.93. The zero-order valence-electron chi connectivity index (χ0n) is 12.2. The van der Waals surface area contributed by atoms with Crippen LogP contribution in [-0.2, 0) is 4.79 Å². The number of amides is 1. The molecule has 2 rings (SSSR count). The lowest BCUT2D eigenvalue weighted by Crippen LogP contribution is -2.51. The molecule has 2 unspecified atom stereocenters. The average molecular weight is 282 g/mol. The second kappa shape index (κ2) is 5.78. The lowest BCUT2D eigenvalue weighted by molar-refractivity contribution is -0.139. The minimum atomic E-state index is -0.537. The van der Waals surface area contributed by atoms with E-state index < -0.39 is 5.41 Å². The molecule has 0 aromatic carbocycles. The molecule has 0 saturated heterocycles. The van der Waals surface area contributed by atoms with E-state index in [1.165, 1.54) is 12.8 Å². The molecule has 0 radical (unpaired) electrons. The van der Waals surface area contributed by atoms with Crippen LogP contribution in [-0.4, -0.2) is 28.9 Å². The van der Waals surface area contributed by atoms with Crippen molar-refractivity contribution in [3.8, 4) is 0 Å². The van der Waals surface area contributed by atoms with Gasteiger partial charge in [0.2, 0.25) is 5.91 Å². The molecule has 0 aromatic heterocycles. The zero-order valence-corrected chi connectivity index (χ0v) is 13.0. The molecule has 0 aliphatic heterocycles. The summed E-state index contributed by atoms with van der Waals surface area (Å²) in [6.07, 6.45) is 8.58. The number of nitrogens with two attached hydrogens (primary N) is 1. The van der Waals surface area contributed by atoms with Gasteiger partial charge in [0.15, 0.2) is 0 Å². The van der Waals surface area contributed by atoms with Crippen LogP contribution in [0.2, 0.25) is 0 Å². The quantitative estimate of drug-likeness (QED) is 0.810. The Morgan fingerprint density at radius 1 is 1.26 bits per heavy atom. The third-order valence-electron chi connectivity index (χ3n) is 5.11. The van der Waals surface area contributed by atoms with Gasteiger partial charge < -0.3 is 10.6 Å². The van der Waals surface area contributed by atoms with E-state index >= 15 is 0 Å². The highest BCUT2D eigenvalue weighted by atomic mass is 32.1. The second-order valence-electron chi connectivity index (χ2n) is 6.50. The summed E-state index contributed by atoms with van der Waals surface area (Å²) in [6.45, 7) is 2.28. The van der Waals surface area contributed by atoms with Gasteiger partial charge in [-0.05, 0) is 31.6 Å². The van der Waals surface area contributed by atoms with Crippen molar-refractivity contribution in [2.75, 3.05) is 7.05 Å². The summed E-state index contributed by atoms with van der Waals surface area (Å²) in [6, 6.07) is 0.378. The molecule has 4 heteroatoms. The van der Waals surface area contributed by atoms with E-state index in [1.54, 1.807) is 0 Å². The lowest BCUT2D eigenvalue weighted by atomic mass is 9.81. The molecular weight excluding hydrogens is 256 g/mol. The molecule has 2 atom stereocenters. The van der Waals surface area contributed by atoms with Gasteiger partial charge >= 0.3 is 0 Å². The number of nitrogens with zero attached hydrogens (tertiary/aromatic N) is 1. The third-order valence-corrected chi connectivity index (χ3v) is 5.51. The van der Waals surface area contributed by atoms with E-state index in [-0.39, 0.29) is 5.91 Å². The smallest absolute Gasteiger partial charge is 0.235 e. The van der Waals surface area contributed by atoms with E-state index in [0.29, 0.717) is 11.0 Å². The van der Waals surface area contributed by atoms with E-state index in [4.69, 9.17) is 18.0 Å². The maximum atomic E-state index is 12.9. The van der Waals surface area contributed by atoms with Crippen molar-refractivity contribution >= 4 is 23.1 Å². The van der Waals surface area contributed by atoms with Crippen molar-refractivity contribution in [3.63, 3.8) is 0 Å². The standard InChI is InChI=1S/C15H26N2OS/c1-11-6-5-7-12(10-11)17(2)14(18)15(13(16)19)8-3-4-9-15/h11-12H,3-10H2,1-2H3,(H2,16,19). The van der Waals surface area contributed by atoms with Crippen LogP contribution in [0.1, 0.15) is 58.3 Å². The molecule has 108 valence electrons. The highest BCUT2D eigenvalue weighted by Crippen LogP contribution is 2.41.